The Bertz CT molecular complexity index is 949. The van der Waals surface area contributed by atoms with Gasteiger partial charge in [-0.15, -0.1) is 0 Å². The van der Waals surface area contributed by atoms with Crippen molar-refractivity contribution in [1.29, 1.82) is 0 Å². The minimum Gasteiger partial charge on any atom is -0.478 e. The summed E-state index contributed by atoms with van der Waals surface area (Å²) in [4.78, 5) is 27.0. The summed E-state index contributed by atoms with van der Waals surface area (Å²) in [6, 6.07) is 7.33. The first-order valence-electron chi connectivity index (χ1n) is 9.66. The summed E-state index contributed by atoms with van der Waals surface area (Å²) < 4.78 is 13.2. The van der Waals surface area contributed by atoms with Crippen molar-refractivity contribution >= 4 is 11.6 Å². The number of carbonyl (C=O) groups excluding carboxylic acids is 2. The topological polar surface area (TPSA) is 52.6 Å². The summed E-state index contributed by atoms with van der Waals surface area (Å²) in [5.41, 5.74) is -0.424. The Morgan fingerprint density at radius 2 is 1.96 bits per heavy atom. The van der Waals surface area contributed by atoms with Crippen molar-refractivity contribution in [2.45, 2.75) is 57.3 Å². The molecule has 2 aliphatic heterocycles. The lowest BCUT2D eigenvalue weighted by Gasteiger charge is -2.56. The lowest BCUT2D eigenvalue weighted by Crippen LogP contribution is -2.72. The predicted molar refractivity (Wildman–Crippen MR) is 101 cm³/mol. The Morgan fingerprint density at radius 1 is 1.22 bits per heavy atom. The minimum atomic E-state index is -1.14. The molecule has 1 spiro atoms. The van der Waals surface area contributed by atoms with E-state index in [1.165, 1.54) is 0 Å². The molecule has 4 heteroatoms. The monoisotopic (exact) mass is 364 g/mol. The number of rotatable bonds is 2. The summed E-state index contributed by atoms with van der Waals surface area (Å²) in [7, 11) is 0. The van der Waals surface area contributed by atoms with Gasteiger partial charge in [0.05, 0.1) is 11.2 Å². The van der Waals surface area contributed by atoms with E-state index in [9.17, 15) is 9.59 Å². The van der Waals surface area contributed by atoms with Crippen LogP contribution in [0.5, 0.6) is 5.75 Å². The van der Waals surface area contributed by atoms with E-state index < -0.39 is 16.8 Å². The Labute approximate surface area is 159 Å². The molecule has 6 rings (SSSR count). The van der Waals surface area contributed by atoms with Gasteiger partial charge in [0, 0.05) is 23.8 Å². The fourth-order valence-corrected chi connectivity index (χ4v) is 5.74. The molecular formula is C23H24O4. The van der Waals surface area contributed by atoms with Crippen LogP contribution in [0.4, 0.5) is 0 Å². The van der Waals surface area contributed by atoms with Gasteiger partial charge in [-0.25, -0.2) is 0 Å². The maximum absolute atomic E-state index is 13.5. The smallest absolute Gasteiger partial charge is 0.196 e. The number of hydrogen-bond acceptors (Lipinski definition) is 4. The van der Waals surface area contributed by atoms with Crippen molar-refractivity contribution in [2.75, 3.05) is 0 Å². The molecule has 0 aromatic heterocycles. The Balaban J connectivity index is 1.81. The molecule has 1 unspecified atom stereocenters. The van der Waals surface area contributed by atoms with E-state index in [-0.39, 0.29) is 23.4 Å². The molecular weight excluding hydrogens is 340 g/mol. The number of allylic oxidation sites excluding steroid dienone is 2. The molecule has 0 N–H and O–H groups in total. The van der Waals surface area contributed by atoms with Crippen LogP contribution in [0.3, 0.4) is 0 Å². The highest BCUT2D eigenvalue weighted by atomic mass is 16.6. The van der Waals surface area contributed by atoms with Crippen LogP contribution in [0.2, 0.25) is 0 Å². The molecule has 1 saturated heterocycles. The maximum atomic E-state index is 13.5. The van der Waals surface area contributed by atoms with Crippen molar-refractivity contribution in [3.63, 3.8) is 0 Å². The molecule has 0 radical (unpaired) electrons. The zero-order chi connectivity index (χ0) is 19.2. The molecule has 4 atom stereocenters. The molecule has 2 heterocycles. The summed E-state index contributed by atoms with van der Waals surface area (Å²) in [6.45, 7) is 8.07. The number of carbonyl (C=O) groups is 2. The number of fused-ring (bicyclic) bond motifs is 1. The molecule has 27 heavy (non-hydrogen) atoms. The van der Waals surface area contributed by atoms with Crippen molar-refractivity contribution in [3.05, 3.63) is 53.1 Å². The Hall–Kier alpha value is -2.20. The van der Waals surface area contributed by atoms with Crippen molar-refractivity contribution in [3.8, 4) is 5.75 Å². The number of Topliss-reactive ketones (excluding diaryl/α,β-unsaturated/α-hetero) is 2. The first-order valence-corrected chi connectivity index (χ1v) is 9.66. The van der Waals surface area contributed by atoms with Gasteiger partial charge in [-0.05, 0) is 46.2 Å². The normalized spacial score (nSPS) is 37.3. The first kappa shape index (κ1) is 16.9. The van der Waals surface area contributed by atoms with Crippen LogP contribution in [0.1, 0.15) is 50.9 Å². The largest absolute Gasteiger partial charge is 0.478 e. The highest BCUT2D eigenvalue weighted by Crippen LogP contribution is 2.67. The lowest BCUT2D eigenvalue weighted by molar-refractivity contribution is -0.171. The molecule has 3 aliphatic carbocycles. The summed E-state index contributed by atoms with van der Waals surface area (Å²) in [6.07, 6.45) is 5.00. The molecule has 2 fully saturated rings. The fourth-order valence-electron chi connectivity index (χ4n) is 5.74. The average Bonchev–Trinajstić information content (AvgIpc) is 2.78. The quantitative estimate of drug-likeness (QED) is 0.743. The average molecular weight is 364 g/mol. The molecule has 1 aromatic carbocycles. The van der Waals surface area contributed by atoms with E-state index in [0.717, 1.165) is 5.57 Å². The second kappa shape index (κ2) is 4.99. The van der Waals surface area contributed by atoms with Crippen molar-refractivity contribution in [2.24, 2.45) is 11.8 Å². The van der Waals surface area contributed by atoms with Crippen LogP contribution in [0, 0.1) is 11.8 Å². The summed E-state index contributed by atoms with van der Waals surface area (Å²) in [5, 5.41) is 0. The van der Waals surface area contributed by atoms with E-state index >= 15 is 0 Å². The van der Waals surface area contributed by atoms with Crippen LogP contribution in [0.25, 0.3) is 0 Å². The van der Waals surface area contributed by atoms with Crippen LogP contribution >= 0.6 is 0 Å². The second-order valence-electron chi connectivity index (χ2n) is 9.02. The van der Waals surface area contributed by atoms with Gasteiger partial charge >= 0.3 is 0 Å². The standard InChI is InChI=1S/C23H24O4/c1-13(2)9-10-22-20(25)14-11-16-19(24)15-7-5-6-8-17(15)26-23(16,22)18(12-14)21(3,4)27-22/h5-9,11,14,18H,10,12H2,1-4H3/t14-,18?,22+,23-/m1/s1. The molecule has 4 nitrogen and oxygen atoms in total. The predicted octanol–water partition coefficient (Wildman–Crippen LogP) is 4.05. The van der Waals surface area contributed by atoms with Crippen molar-refractivity contribution < 1.29 is 19.1 Å². The molecule has 140 valence electrons. The fraction of sp³-hybridized carbons (Fsp3) is 0.478. The highest BCUT2D eigenvalue weighted by Gasteiger charge is 2.80. The van der Waals surface area contributed by atoms with E-state index in [1.54, 1.807) is 6.07 Å². The second-order valence-corrected chi connectivity index (χ2v) is 9.02. The molecule has 1 aromatic rings. The van der Waals surface area contributed by atoms with E-state index in [0.29, 0.717) is 29.7 Å². The zero-order valence-electron chi connectivity index (χ0n) is 16.2. The van der Waals surface area contributed by atoms with Gasteiger partial charge in [-0.3, -0.25) is 9.59 Å². The number of hydrogen-bond donors (Lipinski definition) is 0. The van der Waals surface area contributed by atoms with Gasteiger partial charge in [-0.1, -0.05) is 29.9 Å². The number of benzene rings is 1. The summed E-state index contributed by atoms with van der Waals surface area (Å²) in [5.74, 6) is 0.257. The van der Waals surface area contributed by atoms with E-state index in [1.807, 2.05) is 58.0 Å². The Morgan fingerprint density at radius 3 is 2.70 bits per heavy atom. The SMILES string of the molecule is CC(C)=CC[C@@]12OC(C)(C)C3C[C@@H](C=C4C(=O)c5ccccc5O[C@]431)C2=O. The van der Waals surface area contributed by atoms with Crippen LogP contribution < -0.4 is 4.74 Å². The third-order valence-corrected chi connectivity index (χ3v) is 6.80. The van der Waals surface area contributed by atoms with E-state index in [4.69, 9.17) is 9.47 Å². The third kappa shape index (κ3) is 1.82. The van der Waals surface area contributed by atoms with Crippen molar-refractivity contribution in [1.82, 2.24) is 0 Å². The van der Waals surface area contributed by atoms with Gasteiger partial charge in [0.2, 0.25) is 0 Å². The van der Waals surface area contributed by atoms with Gasteiger partial charge in [-0.2, -0.15) is 0 Å². The highest BCUT2D eigenvalue weighted by molar-refractivity contribution is 6.16. The molecule has 5 aliphatic rings. The van der Waals surface area contributed by atoms with Gasteiger partial charge < -0.3 is 9.47 Å². The number of ether oxygens (including phenoxy) is 2. The van der Waals surface area contributed by atoms with Gasteiger partial charge in [0.15, 0.2) is 22.8 Å². The van der Waals surface area contributed by atoms with Crippen LogP contribution in [-0.2, 0) is 9.53 Å². The first-order chi connectivity index (χ1) is 12.7. The number of ketones is 2. The summed E-state index contributed by atoms with van der Waals surface area (Å²) >= 11 is 0. The molecule has 1 saturated carbocycles. The van der Waals surface area contributed by atoms with Crippen LogP contribution in [-0.4, -0.2) is 28.4 Å². The van der Waals surface area contributed by atoms with E-state index in [2.05, 4.69) is 0 Å². The van der Waals surface area contributed by atoms with Crippen LogP contribution in [0.15, 0.2) is 47.6 Å². The lowest BCUT2D eigenvalue weighted by atomic mass is 9.51. The van der Waals surface area contributed by atoms with Gasteiger partial charge in [0.1, 0.15) is 5.75 Å². The molecule has 4 bridgehead atoms. The van der Waals surface area contributed by atoms with Gasteiger partial charge in [0.25, 0.3) is 0 Å². The number of para-hydroxylation sites is 1. The zero-order valence-corrected chi connectivity index (χ0v) is 16.2. The third-order valence-electron chi connectivity index (χ3n) is 6.80. The minimum absolute atomic E-state index is 0.0260. The Kier molecular flexibility index (Phi) is 3.13. The molecule has 0 amide bonds. The maximum Gasteiger partial charge on any atom is 0.196 e.